The quantitative estimate of drug-likeness (QED) is 0.759. The van der Waals surface area contributed by atoms with E-state index in [1.807, 2.05) is 4.90 Å². The first kappa shape index (κ1) is 15.4. The third kappa shape index (κ3) is 3.99. The molecule has 3 heteroatoms. The third-order valence-electron chi connectivity index (χ3n) is 4.11. The Bertz CT molecular complexity index is 435. The predicted octanol–water partition coefficient (Wildman–Crippen LogP) is 4.28. The molecule has 0 saturated heterocycles. The number of amides is 1. The van der Waals surface area contributed by atoms with Crippen molar-refractivity contribution >= 4 is 17.5 Å². The fourth-order valence-electron chi connectivity index (χ4n) is 2.90. The van der Waals surface area contributed by atoms with E-state index in [2.05, 4.69) is 31.2 Å². The first-order valence-electron chi connectivity index (χ1n) is 7.58. The second-order valence-corrected chi connectivity index (χ2v) is 6.51. The van der Waals surface area contributed by atoms with Gasteiger partial charge in [-0.1, -0.05) is 49.1 Å². The molecule has 0 aliphatic heterocycles. The molecule has 1 fully saturated rings. The molecular formula is C17H24ClNO. The number of carbonyl (C=O) groups excluding carboxylic acids is 1. The summed E-state index contributed by atoms with van der Waals surface area (Å²) in [5, 5.41) is -0.442. The van der Waals surface area contributed by atoms with Gasteiger partial charge in [0.05, 0.1) is 0 Å². The maximum atomic E-state index is 12.4. The molecule has 1 atom stereocenters. The van der Waals surface area contributed by atoms with Crippen LogP contribution in [0.5, 0.6) is 0 Å². The van der Waals surface area contributed by atoms with Crippen molar-refractivity contribution in [2.75, 3.05) is 0 Å². The number of alkyl halides is 1. The van der Waals surface area contributed by atoms with E-state index in [1.165, 1.54) is 30.4 Å². The molecule has 1 aromatic rings. The Labute approximate surface area is 127 Å². The number of hydrogen-bond donors (Lipinski definition) is 0. The molecule has 0 N–H and O–H groups in total. The van der Waals surface area contributed by atoms with Crippen molar-refractivity contribution in [3.8, 4) is 0 Å². The summed E-state index contributed by atoms with van der Waals surface area (Å²) in [4.78, 5) is 14.4. The van der Waals surface area contributed by atoms with Crippen molar-refractivity contribution in [2.45, 2.75) is 63.9 Å². The Morgan fingerprint density at radius 1 is 1.25 bits per heavy atom. The first-order valence-corrected chi connectivity index (χ1v) is 8.01. The second kappa shape index (κ2) is 7.12. The van der Waals surface area contributed by atoms with Crippen molar-refractivity contribution in [2.24, 2.45) is 0 Å². The van der Waals surface area contributed by atoms with Gasteiger partial charge in [0.2, 0.25) is 5.91 Å². The summed E-state index contributed by atoms with van der Waals surface area (Å²) in [7, 11) is 0. The summed E-state index contributed by atoms with van der Waals surface area (Å²) in [6.45, 7) is 4.53. The molecule has 1 saturated carbocycles. The highest BCUT2D eigenvalue weighted by molar-refractivity contribution is 6.30. The lowest BCUT2D eigenvalue weighted by Crippen LogP contribution is -2.43. The zero-order valence-electron chi connectivity index (χ0n) is 12.4. The summed E-state index contributed by atoms with van der Waals surface area (Å²) in [5.41, 5.74) is 2.43. The van der Waals surface area contributed by atoms with Crippen LogP contribution in [-0.4, -0.2) is 22.2 Å². The Kier molecular flexibility index (Phi) is 5.47. The first-order chi connectivity index (χ1) is 9.58. The summed E-state index contributed by atoms with van der Waals surface area (Å²) in [6, 6.07) is 8.78. The standard InChI is InChI=1S/C17H24ClNO/c1-13-8-10-15(11-9-13)12-19(17(20)14(2)18)16-6-4-3-5-7-16/h8-11,14,16H,3-7,12H2,1-2H3. The Morgan fingerprint density at radius 2 is 1.85 bits per heavy atom. The predicted molar refractivity (Wildman–Crippen MR) is 83.9 cm³/mol. The lowest BCUT2D eigenvalue weighted by molar-refractivity contribution is -0.134. The van der Waals surface area contributed by atoms with Crippen molar-refractivity contribution in [1.29, 1.82) is 0 Å². The van der Waals surface area contributed by atoms with Gasteiger partial charge in [-0.2, -0.15) is 0 Å². The Morgan fingerprint density at radius 3 is 2.40 bits per heavy atom. The van der Waals surface area contributed by atoms with Crippen LogP contribution in [0.4, 0.5) is 0 Å². The fraction of sp³-hybridized carbons (Fsp3) is 0.588. The monoisotopic (exact) mass is 293 g/mol. The van der Waals surface area contributed by atoms with Crippen LogP contribution in [0, 0.1) is 6.92 Å². The van der Waals surface area contributed by atoms with E-state index in [9.17, 15) is 4.79 Å². The molecule has 2 rings (SSSR count). The molecule has 1 aromatic carbocycles. The molecule has 1 aliphatic carbocycles. The average molecular weight is 294 g/mol. The van der Waals surface area contributed by atoms with Crippen LogP contribution in [0.3, 0.4) is 0 Å². The number of halogens is 1. The molecule has 1 aliphatic rings. The van der Waals surface area contributed by atoms with Gasteiger partial charge in [-0.25, -0.2) is 0 Å². The van der Waals surface area contributed by atoms with Crippen molar-refractivity contribution in [3.63, 3.8) is 0 Å². The zero-order chi connectivity index (χ0) is 14.5. The third-order valence-corrected chi connectivity index (χ3v) is 4.30. The SMILES string of the molecule is Cc1ccc(CN(C(=O)C(C)Cl)C2CCCCC2)cc1. The lowest BCUT2D eigenvalue weighted by Gasteiger charge is -2.35. The number of nitrogens with zero attached hydrogens (tertiary/aromatic N) is 1. The number of benzene rings is 1. The van der Waals surface area contributed by atoms with E-state index in [4.69, 9.17) is 11.6 Å². The van der Waals surface area contributed by atoms with Gasteiger partial charge in [0.1, 0.15) is 5.38 Å². The van der Waals surface area contributed by atoms with E-state index in [0.717, 1.165) is 12.8 Å². The maximum Gasteiger partial charge on any atom is 0.240 e. The fourth-order valence-corrected chi connectivity index (χ4v) is 3.02. The summed E-state index contributed by atoms with van der Waals surface area (Å²) in [6.07, 6.45) is 5.96. The highest BCUT2D eigenvalue weighted by atomic mass is 35.5. The van der Waals surface area contributed by atoms with Crippen molar-refractivity contribution < 1.29 is 4.79 Å². The van der Waals surface area contributed by atoms with Gasteiger partial charge < -0.3 is 4.90 Å². The van der Waals surface area contributed by atoms with E-state index in [1.54, 1.807) is 6.92 Å². The Balaban J connectivity index is 2.13. The summed E-state index contributed by atoms with van der Waals surface area (Å²) >= 11 is 6.04. The molecule has 0 bridgehead atoms. The van der Waals surface area contributed by atoms with Gasteiger partial charge in [0.15, 0.2) is 0 Å². The molecule has 2 nitrogen and oxygen atoms in total. The van der Waals surface area contributed by atoms with Gasteiger partial charge in [0, 0.05) is 12.6 Å². The molecule has 20 heavy (non-hydrogen) atoms. The smallest absolute Gasteiger partial charge is 0.240 e. The minimum absolute atomic E-state index is 0.0686. The van der Waals surface area contributed by atoms with Gasteiger partial charge in [-0.05, 0) is 32.3 Å². The number of carbonyl (C=O) groups is 1. The van der Waals surface area contributed by atoms with Crippen LogP contribution >= 0.6 is 11.6 Å². The van der Waals surface area contributed by atoms with Crippen LogP contribution < -0.4 is 0 Å². The molecular weight excluding hydrogens is 270 g/mol. The van der Waals surface area contributed by atoms with E-state index in [0.29, 0.717) is 12.6 Å². The van der Waals surface area contributed by atoms with Crippen molar-refractivity contribution in [3.05, 3.63) is 35.4 Å². The highest BCUT2D eigenvalue weighted by Crippen LogP contribution is 2.25. The van der Waals surface area contributed by atoms with Gasteiger partial charge in [-0.3, -0.25) is 4.79 Å². The Hall–Kier alpha value is -1.02. The number of rotatable bonds is 4. The topological polar surface area (TPSA) is 20.3 Å². The van der Waals surface area contributed by atoms with E-state index in [-0.39, 0.29) is 5.91 Å². The molecule has 1 amide bonds. The maximum absolute atomic E-state index is 12.4. The molecule has 110 valence electrons. The van der Waals surface area contributed by atoms with E-state index >= 15 is 0 Å². The number of hydrogen-bond acceptors (Lipinski definition) is 1. The van der Waals surface area contributed by atoms with Crippen LogP contribution in [0.2, 0.25) is 0 Å². The summed E-state index contributed by atoms with van der Waals surface area (Å²) in [5.74, 6) is 0.0686. The molecule has 1 unspecified atom stereocenters. The minimum Gasteiger partial charge on any atom is -0.334 e. The van der Waals surface area contributed by atoms with Crippen LogP contribution in [0.25, 0.3) is 0 Å². The second-order valence-electron chi connectivity index (χ2n) is 5.86. The zero-order valence-corrected chi connectivity index (χ0v) is 13.2. The molecule has 0 spiro atoms. The van der Waals surface area contributed by atoms with Crippen LogP contribution in [0.15, 0.2) is 24.3 Å². The summed E-state index contributed by atoms with van der Waals surface area (Å²) < 4.78 is 0. The largest absolute Gasteiger partial charge is 0.334 e. The van der Waals surface area contributed by atoms with E-state index < -0.39 is 5.38 Å². The van der Waals surface area contributed by atoms with Gasteiger partial charge >= 0.3 is 0 Å². The molecule has 0 heterocycles. The van der Waals surface area contributed by atoms with Crippen molar-refractivity contribution in [1.82, 2.24) is 4.90 Å². The molecule has 0 aromatic heterocycles. The van der Waals surface area contributed by atoms with Crippen LogP contribution in [0.1, 0.15) is 50.2 Å². The highest BCUT2D eigenvalue weighted by Gasteiger charge is 2.27. The number of aryl methyl sites for hydroxylation is 1. The van der Waals surface area contributed by atoms with Crippen LogP contribution in [-0.2, 0) is 11.3 Å². The van der Waals surface area contributed by atoms with Gasteiger partial charge in [-0.15, -0.1) is 11.6 Å². The van der Waals surface area contributed by atoms with Gasteiger partial charge in [0.25, 0.3) is 0 Å². The molecule has 0 radical (unpaired) electrons. The average Bonchev–Trinajstić information content (AvgIpc) is 2.47. The lowest BCUT2D eigenvalue weighted by atomic mass is 9.93. The minimum atomic E-state index is -0.442. The normalized spacial score (nSPS) is 17.8.